The zero-order valence-electron chi connectivity index (χ0n) is 7.13. The fourth-order valence-corrected chi connectivity index (χ4v) is 1.29. The Morgan fingerprint density at radius 2 is 2.38 bits per heavy atom. The van der Waals surface area contributed by atoms with Crippen LogP contribution in [0.5, 0.6) is 0 Å². The fraction of sp³-hybridized carbons (Fsp3) is 0.333. The van der Waals surface area contributed by atoms with Gasteiger partial charge in [-0.15, -0.1) is 0 Å². The van der Waals surface area contributed by atoms with Gasteiger partial charge in [0.25, 0.3) is 0 Å². The molecule has 68 valence electrons. The summed E-state index contributed by atoms with van der Waals surface area (Å²) in [7, 11) is 0. The standard InChI is InChI=1S/C9H10BrN3/c10-9-4-1-3-8(13-9)7-12-6-2-5-11/h1,3-4,12H,2,6-7H2. The topological polar surface area (TPSA) is 48.7 Å². The first-order chi connectivity index (χ1) is 6.33. The molecule has 3 nitrogen and oxygen atoms in total. The summed E-state index contributed by atoms with van der Waals surface area (Å²) in [5.74, 6) is 0. The minimum Gasteiger partial charge on any atom is -0.310 e. The number of nitrogens with one attached hydrogen (secondary N) is 1. The van der Waals surface area contributed by atoms with E-state index in [1.54, 1.807) is 0 Å². The minimum absolute atomic E-state index is 0.536. The Kier molecular flexibility index (Phi) is 4.44. The number of nitriles is 1. The van der Waals surface area contributed by atoms with Crippen molar-refractivity contribution in [3.63, 3.8) is 0 Å². The molecule has 0 saturated heterocycles. The molecule has 1 aromatic rings. The summed E-state index contributed by atoms with van der Waals surface area (Å²) in [6.07, 6.45) is 0.536. The van der Waals surface area contributed by atoms with E-state index in [9.17, 15) is 0 Å². The lowest BCUT2D eigenvalue weighted by atomic mass is 10.3. The van der Waals surface area contributed by atoms with Crippen LogP contribution >= 0.6 is 15.9 Å². The summed E-state index contributed by atoms with van der Waals surface area (Å²) in [6.45, 7) is 1.42. The molecule has 1 heterocycles. The van der Waals surface area contributed by atoms with Crippen LogP contribution < -0.4 is 5.32 Å². The Balaban J connectivity index is 2.33. The Morgan fingerprint density at radius 3 is 3.08 bits per heavy atom. The Labute approximate surface area is 85.9 Å². The first kappa shape index (κ1) is 10.2. The molecule has 4 heteroatoms. The number of halogens is 1. The Morgan fingerprint density at radius 1 is 1.54 bits per heavy atom. The van der Waals surface area contributed by atoms with Gasteiger partial charge in [-0.05, 0) is 28.1 Å². The Hall–Kier alpha value is -0.920. The van der Waals surface area contributed by atoms with Crippen LogP contribution in [0.25, 0.3) is 0 Å². The molecule has 0 radical (unpaired) electrons. The van der Waals surface area contributed by atoms with Crippen LogP contribution in [0.4, 0.5) is 0 Å². The van der Waals surface area contributed by atoms with Crippen LogP contribution in [0.3, 0.4) is 0 Å². The third-order valence-corrected chi connectivity index (χ3v) is 1.93. The van der Waals surface area contributed by atoms with Gasteiger partial charge in [0.05, 0.1) is 11.8 Å². The average Bonchev–Trinajstić information content (AvgIpc) is 2.13. The van der Waals surface area contributed by atoms with E-state index in [0.29, 0.717) is 19.5 Å². The predicted molar refractivity (Wildman–Crippen MR) is 53.9 cm³/mol. The second kappa shape index (κ2) is 5.68. The van der Waals surface area contributed by atoms with Crippen molar-refractivity contribution in [2.24, 2.45) is 0 Å². The monoisotopic (exact) mass is 239 g/mol. The molecule has 0 spiro atoms. The molecular weight excluding hydrogens is 230 g/mol. The molecule has 0 fully saturated rings. The van der Waals surface area contributed by atoms with Gasteiger partial charge >= 0.3 is 0 Å². The zero-order chi connectivity index (χ0) is 9.52. The molecule has 0 aliphatic carbocycles. The van der Waals surface area contributed by atoms with Crippen LogP contribution in [0, 0.1) is 11.3 Å². The van der Waals surface area contributed by atoms with Crippen LogP contribution in [-0.2, 0) is 6.54 Å². The van der Waals surface area contributed by atoms with Gasteiger partial charge in [0.15, 0.2) is 0 Å². The van der Waals surface area contributed by atoms with Gasteiger partial charge in [0, 0.05) is 19.5 Å². The third kappa shape index (κ3) is 4.02. The third-order valence-electron chi connectivity index (χ3n) is 1.49. The van der Waals surface area contributed by atoms with Crippen molar-refractivity contribution in [3.05, 3.63) is 28.5 Å². The summed E-state index contributed by atoms with van der Waals surface area (Å²) in [5.41, 5.74) is 0.979. The van der Waals surface area contributed by atoms with E-state index in [-0.39, 0.29) is 0 Å². The maximum Gasteiger partial charge on any atom is 0.106 e. The van der Waals surface area contributed by atoms with Gasteiger partial charge in [-0.2, -0.15) is 5.26 Å². The molecule has 1 rings (SSSR count). The SMILES string of the molecule is N#CCCNCc1cccc(Br)n1. The maximum absolute atomic E-state index is 8.29. The van der Waals surface area contributed by atoms with Gasteiger partial charge in [-0.3, -0.25) is 0 Å². The summed E-state index contributed by atoms with van der Waals surface area (Å²) in [4.78, 5) is 4.24. The molecule has 0 saturated carbocycles. The van der Waals surface area contributed by atoms with Gasteiger partial charge in [-0.1, -0.05) is 6.07 Å². The number of rotatable bonds is 4. The maximum atomic E-state index is 8.29. The lowest BCUT2D eigenvalue weighted by Crippen LogP contribution is -2.14. The highest BCUT2D eigenvalue weighted by Crippen LogP contribution is 2.05. The van der Waals surface area contributed by atoms with Crippen LogP contribution in [0.2, 0.25) is 0 Å². The summed E-state index contributed by atoms with van der Waals surface area (Å²) < 4.78 is 0.840. The van der Waals surface area contributed by atoms with Gasteiger partial charge in [-0.25, -0.2) is 4.98 Å². The molecule has 0 amide bonds. The minimum atomic E-state index is 0.536. The smallest absolute Gasteiger partial charge is 0.106 e. The van der Waals surface area contributed by atoms with E-state index in [0.717, 1.165) is 10.3 Å². The second-order valence-corrected chi connectivity index (χ2v) is 3.35. The molecule has 0 unspecified atom stereocenters. The molecule has 1 N–H and O–H groups in total. The van der Waals surface area contributed by atoms with Crippen molar-refractivity contribution in [1.29, 1.82) is 5.26 Å². The number of aromatic nitrogens is 1. The van der Waals surface area contributed by atoms with E-state index in [1.165, 1.54) is 0 Å². The quantitative estimate of drug-likeness (QED) is 0.645. The number of hydrogen-bond donors (Lipinski definition) is 1. The largest absolute Gasteiger partial charge is 0.310 e. The van der Waals surface area contributed by atoms with Crippen molar-refractivity contribution in [1.82, 2.24) is 10.3 Å². The van der Waals surface area contributed by atoms with Gasteiger partial charge in [0.1, 0.15) is 4.60 Å². The van der Waals surface area contributed by atoms with Crippen molar-refractivity contribution in [2.45, 2.75) is 13.0 Å². The fourth-order valence-electron chi connectivity index (χ4n) is 0.910. The lowest BCUT2D eigenvalue weighted by molar-refractivity contribution is 0.684. The summed E-state index contributed by atoms with van der Waals surface area (Å²) in [5, 5.41) is 11.4. The van der Waals surface area contributed by atoms with Crippen molar-refractivity contribution < 1.29 is 0 Å². The van der Waals surface area contributed by atoms with E-state index < -0.39 is 0 Å². The average molecular weight is 240 g/mol. The molecule has 0 aliphatic rings. The molecule has 1 aromatic heterocycles. The van der Waals surface area contributed by atoms with E-state index in [1.807, 2.05) is 18.2 Å². The first-order valence-corrected chi connectivity index (χ1v) is 4.81. The number of pyridine rings is 1. The highest BCUT2D eigenvalue weighted by molar-refractivity contribution is 9.10. The first-order valence-electron chi connectivity index (χ1n) is 4.02. The number of nitrogens with zero attached hydrogens (tertiary/aromatic N) is 2. The zero-order valence-corrected chi connectivity index (χ0v) is 8.71. The Bertz CT molecular complexity index is 306. The molecule has 0 bridgehead atoms. The van der Waals surface area contributed by atoms with Crippen molar-refractivity contribution in [2.75, 3.05) is 6.54 Å². The van der Waals surface area contributed by atoms with E-state index in [2.05, 4.69) is 32.3 Å². The van der Waals surface area contributed by atoms with Crippen molar-refractivity contribution >= 4 is 15.9 Å². The molecule has 0 aliphatic heterocycles. The van der Waals surface area contributed by atoms with Crippen LogP contribution in [0.1, 0.15) is 12.1 Å². The van der Waals surface area contributed by atoms with Crippen LogP contribution in [0.15, 0.2) is 22.8 Å². The highest BCUT2D eigenvalue weighted by Gasteiger charge is 1.93. The lowest BCUT2D eigenvalue weighted by Gasteiger charge is -2.01. The molecule has 13 heavy (non-hydrogen) atoms. The van der Waals surface area contributed by atoms with Crippen molar-refractivity contribution in [3.8, 4) is 6.07 Å². The summed E-state index contributed by atoms with van der Waals surface area (Å²) >= 11 is 3.29. The van der Waals surface area contributed by atoms with E-state index in [4.69, 9.17) is 5.26 Å². The molecule has 0 aromatic carbocycles. The molecule has 0 atom stereocenters. The predicted octanol–water partition coefficient (Wildman–Crippen LogP) is 1.85. The normalized spacial score (nSPS) is 9.54. The second-order valence-electron chi connectivity index (χ2n) is 2.54. The highest BCUT2D eigenvalue weighted by atomic mass is 79.9. The summed E-state index contributed by atoms with van der Waals surface area (Å²) in [6, 6.07) is 7.85. The van der Waals surface area contributed by atoms with E-state index >= 15 is 0 Å². The van der Waals surface area contributed by atoms with Gasteiger partial charge < -0.3 is 5.32 Å². The molecular formula is C9H10BrN3. The van der Waals surface area contributed by atoms with Gasteiger partial charge in [0.2, 0.25) is 0 Å². The van der Waals surface area contributed by atoms with Crippen LogP contribution in [-0.4, -0.2) is 11.5 Å². The number of hydrogen-bond acceptors (Lipinski definition) is 3.